The number of unbranched alkanes of at least 4 members (excludes halogenated alkanes) is 31. The molecule has 0 aromatic heterocycles. The molecule has 0 aromatic carbocycles. The van der Waals surface area contributed by atoms with Gasteiger partial charge in [0.15, 0.2) is 6.10 Å². The first kappa shape index (κ1) is 58.8. The van der Waals surface area contributed by atoms with Gasteiger partial charge in [0.2, 0.25) is 0 Å². The molecule has 0 radical (unpaired) electrons. The quantitative estimate of drug-likeness (QED) is 0.0195. The summed E-state index contributed by atoms with van der Waals surface area (Å²) in [6.07, 6.45) is 46.9. The molecule has 2 unspecified atom stereocenters. The van der Waals surface area contributed by atoms with Gasteiger partial charge in [-0.2, -0.15) is 0 Å². The van der Waals surface area contributed by atoms with Gasteiger partial charge in [0.25, 0.3) is 7.82 Å². The molecule has 10 heteroatoms. The highest BCUT2D eigenvalue weighted by Crippen LogP contribution is 2.38. The Morgan fingerprint density at radius 1 is 0.500 bits per heavy atom. The molecule has 0 aliphatic rings. The summed E-state index contributed by atoms with van der Waals surface area (Å²) in [4.78, 5) is 37.6. The lowest BCUT2D eigenvalue weighted by atomic mass is 10.0. The maximum absolute atomic E-state index is 12.7. The average molecular weight is 872 g/mol. The van der Waals surface area contributed by atoms with E-state index in [1.807, 2.05) is 21.1 Å². The van der Waals surface area contributed by atoms with E-state index < -0.39 is 26.5 Å². The number of carbonyl (C=O) groups is 2. The van der Waals surface area contributed by atoms with E-state index in [0.29, 0.717) is 17.4 Å². The molecule has 0 heterocycles. The molecule has 356 valence electrons. The SMILES string of the molecule is CCCC/C=C\CCCCCCCC(=O)OC(COC(=O)CCCCCCCCCCCCCCCCCCCCCCCCCCC)COP(=O)([O-])OCC[N+](C)(C)C. The average Bonchev–Trinajstić information content (AvgIpc) is 3.20. The van der Waals surface area contributed by atoms with Crippen LogP contribution in [-0.2, 0) is 32.7 Å². The summed E-state index contributed by atoms with van der Waals surface area (Å²) >= 11 is 0. The molecule has 60 heavy (non-hydrogen) atoms. The van der Waals surface area contributed by atoms with E-state index in [1.54, 1.807) is 0 Å². The molecule has 0 aliphatic carbocycles. The number of carbonyl (C=O) groups excluding carboxylic acids is 2. The number of allylic oxidation sites excluding steroid dienone is 2. The van der Waals surface area contributed by atoms with Gasteiger partial charge in [0.1, 0.15) is 19.8 Å². The smallest absolute Gasteiger partial charge is 0.306 e. The third-order valence-electron chi connectivity index (χ3n) is 11.3. The highest BCUT2D eigenvalue weighted by Gasteiger charge is 2.21. The normalized spacial score (nSPS) is 13.5. The summed E-state index contributed by atoms with van der Waals surface area (Å²) in [6.45, 7) is 4.22. The fourth-order valence-corrected chi connectivity index (χ4v) is 8.01. The van der Waals surface area contributed by atoms with Crippen LogP contribution in [0.3, 0.4) is 0 Å². The lowest BCUT2D eigenvalue weighted by molar-refractivity contribution is -0.870. The molecular weight excluding hydrogens is 774 g/mol. The van der Waals surface area contributed by atoms with Crippen LogP contribution in [0, 0.1) is 0 Å². The zero-order chi connectivity index (χ0) is 44.3. The van der Waals surface area contributed by atoms with Crippen LogP contribution in [0.15, 0.2) is 12.2 Å². The first-order valence-corrected chi connectivity index (χ1v) is 26.9. The van der Waals surface area contributed by atoms with Gasteiger partial charge in [-0.1, -0.05) is 212 Å². The number of phosphoric ester groups is 1. The Bertz CT molecular complexity index is 1030. The Balaban J connectivity index is 4.07. The van der Waals surface area contributed by atoms with Gasteiger partial charge in [-0.3, -0.25) is 14.2 Å². The largest absolute Gasteiger partial charge is 0.756 e. The van der Waals surface area contributed by atoms with Crippen molar-refractivity contribution in [1.29, 1.82) is 0 Å². The highest BCUT2D eigenvalue weighted by molar-refractivity contribution is 7.45. The standard InChI is InChI=1S/C50H98NO8P/c1-6-8-10-12-14-16-18-19-20-21-22-23-24-25-26-27-28-29-30-31-33-34-36-38-40-42-49(52)56-46-48(47-58-60(54,55)57-45-44-51(3,4)5)59-50(53)43-41-39-37-35-32-17-15-13-11-9-7-2/h13,15,48H,6-12,14,16-47H2,1-5H3/b15-13-. The number of nitrogens with zero attached hydrogens (tertiary/aromatic N) is 1. The predicted octanol–water partition coefficient (Wildman–Crippen LogP) is 14.3. The molecule has 9 nitrogen and oxygen atoms in total. The zero-order valence-electron chi connectivity index (χ0n) is 40.2. The van der Waals surface area contributed by atoms with Gasteiger partial charge < -0.3 is 27.9 Å². The van der Waals surface area contributed by atoms with Crippen molar-refractivity contribution in [2.24, 2.45) is 0 Å². The van der Waals surface area contributed by atoms with Gasteiger partial charge in [-0.15, -0.1) is 0 Å². The van der Waals surface area contributed by atoms with Crippen molar-refractivity contribution in [2.45, 2.75) is 251 Å². The first-order chi connectivity index (χ1) is 29.0. The van der Waals surface area contributed by atoms with Crippen molar-refractivity contribution < 1.29 is 42.1 Å². The third-order valence-corrected chi connectivity index (χ3v) is 12.2. The lowest BCUT2D eigenvalue weighted by Gasteiger charge is -2.28. The molecule has 0 fully saturated rings. The summed E-state index contributed by atoms with van der Waals surface area (Å²) < 4.78 is 33.9. The number of hydrogen-bond donors (Lipinski definition) is 0. The minimum absolute atomic E-state index is 0.0293. The summed E-state index contributed by atoms with van der Waals surface area (Å²) in [6, 6.07) is 0. The van der Waals surface area contributed by atoms with Crippen molar-refractivity contribution in [2.75, 3.05) is 47.5 Å². The van der Waals surface area contributed by atoms with Crippen molar-refractivity contribution in [3.63, 3.8) is 0 Å². The number of rotatable bonds is 47. The van der Waals surface area contributed by atoms with Gasteiger partial charge in [-0.05, 0) is 32.1 Å². The fraction of sp³-hybridized carbons (Fsp3) is 0.920. The van der Waals surface area contributed by atoms with Crippen molar-refractivity contribution >= 4 is 19.8 Å². The second kappa shape index (κ2) is 43.0. The van der Waals surface area contributed by atoms with Crippen molar-refractivity contribution in [3.8, 4) is 0 Å². The minimum Gasteiger partial charge on any atom is -0.756 e. The molecule has 0 saturated carbocycles. The molecule has 0 aliphatic heterocycles. The first-order valence-electron chi connectivity index (χ1n) is 25.4. The van der Waals surface area contributed by atoms with Crippen LogP contribution in [0.1, 0.15) is 245 Å². The topological polar surface area (TPSA) is 111 Å². The van der Waals surface area contributed by atoms with E-state index in [0.717, 1.165) is 57.8 Å². The Labute approximate surface area is 371 Å². The van der Waals surface area contributed by atoms with Crippen molar-refractivity contribution in [1.82, 2.24) is 0 Å². The van der Waals surface area contributed by atoms with E-state index in [1.165, 1.54) is 154 Å². The Morgan fingerprint density at radius 2 is 0.867 bits per heavy atom. The molecule has 0 aromatic rings. The minimum atomic E-state index is -4.62. The summed E-state index contributed by atoms with van der Waals surface area (Å²) in [5, 5.41) is 0. The van der Waals surface area contributed by atoms with E-state index in [4.69, 9.17) is 18.5 Å². The maximum Gasteiger partial charge on any atom is 0.306 e. The van der Waals surface area contributed by atoms with Crippen LogP contribution in [-0.4, -0.2) is 70.0 Å². The van der Waals surface area contributed by atoms with Crippen LogP contribution in [0.4, 0.5) is 0 Å². The zero-order valence-corrected chi connectivity index (χ0v) is 41.1. The Morgan fingerprint density at radius 3 is 1.28 bits per heavy atom. The Kier molecular flexibility index (Phi) is 42.1. The highest BCUT2D eigenvalue weighted by atomic mass is 31.2. The number of hydrogen-bond acceptors (Lipinski definition) is 8. The molecule has 0 amide bonds. The van der Waals surface area contributed by atoms with Gasteiger partial charge >= 0.3 is 11.9 Å². The number of esters is 2. The molecule has 0 bridgehead atoms. The molecular formula is C50H98NO8P. The van der Waals surface area contributed by atoms with E-state index in [-0.39, 0.29) is 32.0 Å². The Hall–Kier alpha value is -1.25. The van der Waals surface area contributed by atoms with Crippen LogP contribution < -0.4 is 4.89 Å². The van der Waals surface area contributed by atoms with E-state index in [9.17, 15) is 19.0 Å². The predicted molar refractivity (Wildman–Crippen MR) is 250 cm³/mol. The second-order valence-corrected chi connectivity index (χ2v) is 20.0. The number of phosphoric acid groups is 1. The lowest BCUT2D eigenvalue weighted by Crippen LogP contribution is -2.37. The molecule has 0 N–H and O–H groups in total. The number of ether oxygens (including phenoxy) is 2. The summed E-state index contributed by atoms with van der Waals surface area (Å²) in [5.41, 5.74) is 0. The monoisotopic (exact) mass is 872 g/mol. The summed E-state index contributed by atoms with van der Waals surface area (Å²) in [7, 11) is 1.17. The van der Waals surface area contributed by atoms with Crippen LogP contribution in [0.2, 0.25) is 0 Å². The molecule has 0 rings (SSSR count). The van der Waals surface area contributed by atoms with E-state index >= 15 is 0 Å². The molecule has 0 saturated heterocycles. The van der Waals surface area contributed by atoms with Crippen molar-refractivity contribution in [3.05, 3.63) is 12.2 Å². The summed E-state index contributed by atoms with van der Waals surface area (Å²) in [5.74, 6) is -0.833. The van der Waals surface area contributed by atoms with Gasteiger partial charge in [0, 0.05) is 12.8 Å². The van der Waals surface area contributed by atoms with E-state index in [2.05, 4.69) is 26.0 Å². The van der Waals surface area contributed by atoms with Crippen LogP contribution in [0.5, 0.6) is 0 Å². The second-order valence-electron chi connectivity index (χ2n) is 18.5. The fourth-order valence-electron chi connectivity index (χ4n) is 7.29. The molecule has 2 atom stereocenters. The molecule has 0 spiro atoms. The maximum atomic E-state index is 12.7. The van der Waals surface area contributed by atoms with Crippen LogP contribution in [0.25, 0.3) is 0 Å². The number of quaternary nitrogens is 1. The van der Waals surface area contributed by atoms with Gasteiger partial charge in [0.05, 0.1) is 27.7 Å². The third kappa shape index (κ3) is 46.3. The van der Waals surface area contributed by atoms with Gasteiger partial charge in [-0.25, -0.2) is 0 Å². The number of likely N-dealkylation sites (N-methyl/N-ethyl adjacent to an activating group) is 1. The van der Waals surface area contributed by atoms with Crippen LogP contribution >= 0.6 is 7.82 Å².